The first-order chi connectivity index (χ1) is 12.5. The zero-order valence-corrected chi connectivity index (χ0v) is 13.8. The van der Waals surface area contributed by atoms with Crippen LogP contribution in [0.5, 0.6) is 0 Å². The molecule has 0 spiro atoms. The van der Waals surface area contributed by atoms with E-state index < -0.39 is 5.97 Å². The number of amidine groups is 1. The number of carbonyl (C=O) groups is 1. The van der Waals surface area contributed by atoms with Gasteiger partial charge in [0, 0.05) is 18.3 Å². The number of nitrogens with two attached hydrogens (primary N) is 1. The molecule has 2 aromatic heterocycles. The first-order valence-corrected chi connectivity index (χ1v) is 8.08. The number of carboxylic acid groups (broad SMARTS) is 1. The summed E-state index contributed by atoms with van der Waals surface area (Å²) in [4.78, 5) is 16.0. The Morgan fingerprint density at radius 3 is 2.69 bits per heavy atom. The summed E-state index contributed by atoms with van der Waals surface area (Å²) in [7, 11) is 0. The molecule has 2 aromatic carbocycles. The topological polar surface area (TPSA) is 105 Å². The van der Waals surface area contributed by atoms with Crippen LogP contribution in [0.25, 0.3) is 21.8 Å². The van der Waals surface area contributed by atoms with Gasteiger partial charge in [-0.2, -0.15) is 0 Å². The molecule has 6 nitrogen and oxygen atoms in total. The van der Waals surface area contributed by atoms with E-state index in [1.807, 2.05) is 42.5 Å². The fraction of sp³-hybridized carbons (Fsp3) is 0.0500. The highest BCUT2D eigenvalue weighted by molar-refractivity contribution is 5.99. The molecule has 0 unspecified atom stereocenters. The van der Waals surface area contributed by atoms with E-state index >= 15 is 0 Å². The fourth-order valence-electron chi connectivity index (χ4n) is 3.22. The number of hydrogen-bond donors (Lipinski definition) is 3. The van der Waals surface area contributed by atoms with Crippen molar-refractivity contribution in [1.82, 2.24) is 9.55 Å². The van der Waals surface area contributed by atoms with Crippen LogP contribution in [0.2, 0.25) is 0 Å². The minimum atomic E-state index is -1.02. The summed E-state index contributed by atoms with van der Waals surface area (Å²) in [6, 6.07) is 17.2. The Morgan fingerprint density at radius 2 is 1.92 bits per heavy atom. The van der Waals surface area contributed by atoms with Crippen molar-refractivity contribution in [2.45, 2.75) is 6.54 Å². The fourth-order valence-corrected chi connectivity index (χ4v) is 3.22. The maximum absolute atomic E-state index is 11.7. The SMILES string of the molecule is N=C(N)c1cnc2cc(C(=O)O)n(Cc3cccc4ccccc34)c2c1. The lowest BCUT2D eigenvalue weighted by Gasteiger charge is -2.11. The zero-order chi connectivity index (χ0) is 18.3. The van der Waals surface area contributed by atoms with Crippen LogP contribution in [0, 0.1) is 5.41 Å². The zero-order valence-electron chi connectivity index (χ0n) is 13.8. The molecule has 0 saturated heterocycles. The normalized spacial score (nSPS) is 11.1. The van der Waals surface area contributed by atoms with Gasteiger partial charge < -0.3 is 15.4 Å². The third-order valence-electron chi connectivity index (χ3n) is 4.49. The van der Waals surface area contributed by atoms with Gasteiger partial charge in [0.1, 0.15) is 11.5 Å². The van der Waals surface area contributed by atoms with E-state index in [9.17, 15) is 9.90 Å². The number of hydrogen-bond acceptors (Lipinski definition) is 3. The van der Waals surface area contributed by atoms with Gasteiger partial charge in [-0.15, -0.1) is 0 Å². The summed E-state index contributed by atoms with van der Waals surface area (Å²) in [6.45, 7) is 0.384. The van der Waals surface area contributed by atoms with Crippen molar-refractivity contribution in [3.8, 4) is 0 Å². The molecule has 0 saturated carbocycles. The largest absolute Gasteiger partial charge is 0.477 e. The van der Waals surface area contributed by atoms with Crippen LogP contribution in [0.3, 0.4) is 0 Å². The van der Waals surface area contributed by atoms with Gasteiger partial charge in [-0.3, -0.25) is 10.4 Å². The van der Waals surface area contributed by atoms with Crippen molar-refractivity contribution >= 4 is 33.6 Å². The van der Waals surface area contributed by atoms with Gasteiger partial charge in [-0.1, -0.05) is 42.5 Å². The highest BCUT2D eigenvalue weighted by Crippen LogP contribution is 2.24. The minimum Gasteiger partial charge on any atom is -0.477 e. The number of nitrogens with zero attached hydrogens (tertiary/aromatic N) is 2. The monoisotopic (exact) mass is 344 g/mol. The highest BCUT2D eigenvalue weighted by Gasteiger charge is 2.17. The predicted octanol–water partition coefficient (Wildman–Crippen LogP) is 3.22. The Balaban J connectivity index is 1.94. The Bertz CT molecular complexity index is 1170. The summed E-state index contributed by atoms with van der Waals surface area (Å²) >= 11 is 0. The summed E-state index contributed by atoms with van der Waals surface area (Å²) in [5.41, 5.74) is 8.40. The molecule has 0 aliphatic heterocycles. The second-order valence-electron chi connectivity index (χ2n) is 6.10. The quantitative estimate of drug-likeness (QED) is 0.390. The van der Waals surface area contributed by atoms with Gasteiger partial charge in [-0.05, 0) is 28.5 Å². The second-order valence-corrected chi connectivity index (χ2v) is 6.10. The Hall–Kier alpha value is -3.67. The van der Waals surface area contributed by atoms with E-state index in [0.717, 1.165) is 16.3 Å². The first kappa shape index (κ1) is 15.8. The van der Waals surface area contributed by atoms with E-state index in [0.29, 0.717) is 23.1 Å². The smallest absolute Gasteiger partial charge is 0.352 e. The van der Waals surface area contributed by atoms with Crippen LogP contribution in [-0.2, 0) is 6.54 Å². The highest BCUT2D eigenvalue weighted by atomic mass is 16.4. The van der Waals surface area contributed by atoms with Gasteiger partial charge in [-0.25, -0.2) is 4.79 Å². The molecule has 6 heteroatoms. The lowest BCUT2D eigenvalue weighted by Crippen LogP contribution is -2.12. The molecule has 4 rings (SSSR count). The molecule has 0 radical (unpaired) electrons. The maximum atomic E-state index is 11.7. The number of aromatic nitrogens is 2. The molecule has 4 aromatic rings. The van der Waals surface area contributed by atoms with Gasteiger partial charge in [0.25, 0.3) is 0 Å². The Kier molecular flexibility index (Phi) is 3.65. The molecule has 0 aliphatic rings. The molecule has 0 bridgehead atoms. The van der Waals surface area contributed by atoms with E-state index in [-0.39, 0.29) is 11.5 Å². The van der Waals surface area contributed by atoms with Gasteiger partial charge in [0.05, 0.1) is 11.0 Å². The molecule has 0 amide bonds. The molecular weight excluding hydrogens is 328 g/mol. The molecule has 26 heavy (non-hydrogen) atoms. The Morgan fingerprint density at radius 1 is 1.15 bits per heavy atom. The van der Waals surface area contributed by atoms with Crippen molar-refractivity contribution < 1.29 is 9.90 Å². The number of aromatic carboxylic acids is 1. The summed E-state index contributed by atoms with van der Waals surface area (Å²) in [5.74, 6) is -1.12. The number of pyridine rings is 1. The van der Waals surface area contributed by atoms with Crippen molar-refractivity contribution in [3.63, 3.8) is 0 Å². The van der Waals surface area contributed by atoms with Gasteiger partial charge >= 0.3 is 5.97 Å². The number of nitrogen functional groups attached to an aromatic ring is 1. The predicted molar refractivity (Wildman–Crippen MR) is 101 cm³/mol. The summed E-state index contributed by atoms with van der Waals surface area (Å²) < 4.78 is 1.71. The number of nitrogens with one attached hydrogen (secondary N) is 1. The van der Waals surface area contributed by atoms with Crippen LogP contribution in [0.15, 0.2) is 60.8 Å². The van der Waals surface area contributed by atoms with E-state index in [2.05, 4.69) is 4.98 Å². The number of fused-ring (bicyclic) bond motifs is 2. The molecule has 0 aliphatic carbocycles. The van der Waals surface area contributed by atoms with Crippen molar-refractivity contribution in [3.05, 3.63) is 77.6 Å². The maximum Gasteiger partial charge on any atom is 0.352 e. The molecule has 0 fully saturated rings. The standard InChI is InChI=1S/C20H16N4O2/c21-19(22)14-8-17-16(23-10-14)9-18(20(25)26)24(17)11-13-6-3-5-12-4-1-2-7-15(12)13/h1-10H,11H2,(H3,21,22)(H,25,26). The van der Waals surface area contributed by atoms with Gasteiger partial charge in [0.2, 0.25) is 0 Å². The van der Waals surface area contributed by atoms with Gasteiger partial charge in [0.15, 0.2) is 0 Å². The van der Waals surface area contributed by atoms with Crippen LogP contribution >= 0.6 is 0 Å². The first-order valence-electron chi connectivity index (χ1n) is 8.08. The van der Waals surface area contributed by atoms with Crippen molar-refractivity contribution in [2.75, 3.05) is 0 Å². The number of carboxylic acids is 1. The Labute approximate surface area is 149 Å². The summed E-state index contributed by atoms with van der Waals surface area (Å²) in [6.07, 6.45) is 1.48. The lowest BCUT2D eigenvalue weighted by molar-refractivity contribution is 0.0686. The van der Waals surface area contributed by atoms with Crippen LogP contribution in [-0.4, -0.2) is 26.5 Å². The molecule has 0 atom stereocenters. The number of rotatable bonds is 4. The van der Waals surface area contributed by atoms with E-state index in [1.54, 1.807) is 16.7 Å². The lowest BCUT2D eigenvalue weighted by atomic mass is 10.0. The second kappa shape index (κ2) is 6.00. The number of benzene rings is 2. The minimum absolute atomic E-state index is 0.103. The van der Waals surface area contributed by atoms with Crippen molar-refractivity contribution in [1.29, 1.82) is 5.41 Å². The summed E-state index contributed by atoms with van der Waals surface area (Å²) in [5, 5.41) is 19.4. The molecule has 2 heterocycles. The van der Waals surface area contributed by atoms with Crippen molar-refractivity contribution in [2.24, 2.45) is 5.73 Å². The van der Waals surface area contributed by atoms with Crippen LogP contribution < -0.4 is 5.73 Å². The third-order valence-corrected chi connectivity index (χ3v) is 4.49. The van der Waals surface area contributed by atoms with E-state index in [4.69, 9.17) is 11.1 Å². The van der Waals surface area contributed by atoms with Crippen LogP contribution in [0.4, 0.5) is 0 Å². The molecule has 128 valence electrons. The van der Waals surface area contributed by atoms with E-state index in [1.165, 1.54) is 6.20 Å². The van der Waals surface area contributed by atoms with Crippen LogP contribution in [0.1, 0.15) is 21.6 Å². The average Bonchev–Trinajstić information content (AvgIpc) is 3.00. The molecular formula is C20H16N4O2. The molecule has 4 N–H and O–H groups in total. The average molecular weight is 344 g/mol. The third kappa shape index (κ3) is 2.57.